The predicted molar refractivity (Wildman–Crippen MR) is 48.1 cm³/mol. The largest absolute Gasteiger partial charge is 0.446 e. The molecular formula is C7H9N5O3. The predicted octanol–water partition coefficient (Wildman–Crippen LogP) is -1.34. The Balaban J connectivity index is 2.27. The molecule has 8 nitrogen and oxygen atoms in total. The van der Waals surface area contributed by atoms with Crippen LogP contribution in [0.2, 0.25) is 0 Å². The number of nitrogens with zero attached hydrogens (tertiary/aromatic N) is 3. The molecule has 8 heteroatoms. The first-order valence-electron chi connectivity index (χ1n) is 4.28. The fraction of sp³-hybridized carbons (Fsp3) is 0.429. The first-order chi connectivity index (χ1) is 7.24. The van der Waals surface area contributed by atoms with E-state index in [9.17, 15) is 9.59 Å². The van der Waals surface area contributed by atoms with E-state index in [0.29, 0.717) is 0 Å². The average Bonchev–Trinajstić information content (AvgIpc) is 2.85. The Hall–Kier alpha value is -1.96. The van der Waals surface area contributed by atoms with Gasteiger partial charge in [-0.3, -0.25) is 4.79 Å². The molecule has 0 radical (unpaired) electrons. The van der Waals surface area contributed by atoms with Crippen molar-refractivity contribution in [3.8, 4) is 0 Å². The standard InChI is InChI=1S/C7H9N5O3/c8-1-5(13)4-3-15-7(14)12(4)6-2-9-11-10-6/h2,4H,1,3,8H2,(H,9,10,11). The second-order valence-electron chi connectivity index (χ2n) is 2.96. The van der Waals surface area contributed by atoms with Gasteiger partial charge in [-0.2, -0.15) is 10.3 Å². The number of aromatic nitrogens is 3. The molecule has 1 amide bonds. The SMILES string of the molecule is NCC(=O)C1COC(=O)N1c1cn[nH]n1. The van der Waals surface area contributed by atoms with Crippen LogP contribution in [0.1, 0.15) is 0 Å². The lowest BCUT2D eigenvalue weighted by Gasteiger charge is -2.15. The molecule has 0 saturated carbocycles. The van der Waals surface area contributed by atoms with E-state index in [1.165, 1.54) is 6.20 Å². The van der Waals surface area contributed by atoms with Crippen molar-refractivity contribution in [3.05, 3.63) is 6.20 Å². The van der Waals surface area contributed by atoms with E-state index < -0.39 is 12.1 Å². The van der Waals surface area contributed by atoms with Crippen molar-refractivity contribution in [1.82, 2.24) is 15.4 Å². The number of carbonyl (C=O) groups excluding carboxylic acids is 2. The summed E-state index contributed by atoms with van der Waals surface area (Å²) in [6.07, 6.45) is 0.722. The number of aromatic amines is 1. The van der Waals surface area contributed by atoms with Crippen molar-refractivity contribution in [2.45, 2.75) is 6.04 Å². The molecule has 0 aromatic carbocycles. The molecular weight excluding hydrogens is 202 g/mol. The van der Waals surface area contributed by atoms with E-state index in [4.69, 9.17) is 10.5 Å². The quantitative estimate of drug-likeness (QED) is 0.639. The zero-order chi connectivity index (χ0) is 10.8. The highest BCUT2D eigenvalue weighted by Gasteiger charge is 2.39. The molecule has 1 fully saturated rings. The first kappa shape index (κ1) is 9.59. The third-order valence-corrected chi connectivity index (χ3v) is 2.10. The van der Waals surface area contributed by atoms with Crippen LogP contribution in [0.3, 0.4) is 0 Å². The van der Waals surface area contributed by atoms with Gasteiger partial charge < -0.3 is 10.5 Å². The van der Waals surface area contributed by atoms with Crippen LogP contribution in [0.15, 0.2) is 6.20 Å². The average molecular weight is 211 g/mol. The van der Waals surface area contributed by atoms with Crippen LogP contribution in [0, 0.1) is 0 Å². The van der Waals surface area contributed by atoms with Crippen molar-refractivity contribution in [1.29, 1.82) is 0 Å². The summed E-state index contributed by atoms with van der Waals surface area (Å²) in [7, 11) is 0. The smallest absolute Gasteiger partial charge is 0.416 e. The zero-order valence-electron chi connectivity index (χ0n) is 7.71. The van der Waals surface area contributed by atoms with Gasteiger partial charge in [-0.05, 0) is 0 Å². The fourth-order valence-electron chi connectivity index (χ4n) is 1.36. The van der Waals surface area contributed by atoms with Gasteiger partial charge in [0.1, 0.15) is 12.6 Å². The molecule has 3 N–H and O–H groups in total. The number of ketones is 1. The number of anilines is 1. The molecule has 1 unspecified atom stereocenters. The molecule has 80 valence electrons. The Morgan fingerprint density at radius 2 is 2.60 bits per heavy atom. The molecule has 1 saturated heterocycles. The second kappa shape index (κ2) is 3.65. The van der Waals surface area contributed by atoms with E-state index in [2.05, 4.69) is 15.4 Å². The minimum atomic E-state index is -0.701. The van der Waals surface area contributed by atoms with Crippen LogP contribution in [-0.2, 0) is 9.53 Å². The number of cyclic esters (lactones) is 1. The first-order valence-corrected chi connectivity index (χ1v) is 4.28. The molecule has 0 bridgehead atoms. The summed E-state index contributed by atoms with van der Waals surface area (Å²) in [5.74, 6) is -0.0202. The molecule has 1 aliphatic rings. The molecule has 1 atom stereocenters. The van der Waals surface area contributed by atoms with Crippen molar-refractivity contribution in [2.75, 3.05) is 18.1 Å². The Morgan fingerprint density at radius 1 is 1.80 bits per heavy atom. The monoisotopic (exact) mass is 211 g/mol. The van der Waals surface area contributed by atoms with E-state index in [1.54, 1.807) is 0 Å². The number of hydrogen-bond acceptors (Lipinski definition) is 6. The second-order valence-corrected chi connectivity index (χ2v) is 2.96. The summed E-state index contributed by atoms with van der Waals surface area (Å²) in [5, 5.41) is 9.62. The topological polar surface area (TPSA) is 114 Å². The number of Topliss-reactive ketones (excluding diaryl/α,β-unsaturated/α-hetero) is 1. The fourth-order valence-corrected chi connectivity index (χ4v) is 1.36. The molecule has 1 aromatic heterocycles. The van der Waals surface area contributed by atoms with Crippen LogP contribution in [0.4, 0.5) is 10.6 Å². The van der Waals surface area contributed by atoms with Crippen molar-refractivity contribution < 1.29 is 14.3 Å². The van der Waals surface area contributed by atoms with E-state index in [1.807, 2.05) is 0 Å². The lowest BCUT2D eigenvalue weighted by Crippen LogP contribution is -2.42. The normalized spacial score (nSPS) is 20.5. The zero-order valence-corrected chi connectivity index (χ0v) is 7.71. The summed E-state index contributed by atoms with van der Waals surface area (Å²) in [5.41, 5.74) is 5.23. The Morgan fingerprint density at radius 3 is 3.20 bits per heavy atom. The van der Waals surface area contributed by atoms with Gasteiger partial charge in [0.05, 0.1) is 12.7 Å². The number of amides is 1. The lowest BCUT2D eigenvalue weighted by molar-refractivity contribution is -0.118. The molecule has 2 heterocycles. The van der Waals surface area contributed by atoms with Gasteiger partial charge in [-0.1, -0.05) is 0 Å². The summed E-state index contributed by atoms with van der Waals surface area (Å²) in [6, 6.07) is -0.701. The number of rotatable bonds is 3. The van der Waals surface area contributed by atoms with Crippen LogP contribution in [0.25, 0.3) is 0 Å². The summed E-state index contributed by atoms with van der Waals surface area (Å²) < 4.78 is 4.75. The Labute approximate surface area is 84.4 Å². The highest BCUT2D eigenvalue weighted by atomic mass is 16.6. The van der Waals surface area contributed by atoms with Crippen LogP contribution in [0.5, 0.6) is 0 Å². The maximum Gasteiger partial charge on any atom is 0.416 e. The number of nitrogens with two attached hydrogens (primary N) is 1. The van der Waals surface area contributed by atoms with Crippen LogP contribution >= 0.6 is 0 Å². The summed E-state index contributed by atoms with van der Waals surface area (Å²) in [6.45, 7) is -0.141. The summed E-state index contributed by atoms with van der Waals surface area (Å²) in [4.78, 5) is 23.9. The minimum absolute atomic E-state index is 0.00171. The summed E-state index contributed by atoms with van der Waals surface area (Å²) >= 11 is 0. The molecule has 1 aliphatic heterocycles. The van der Waals surface area contributed by atoms with E-state index in [0.717, 1.165) is 4.90 Å². The highest BCUT2D eigenvalue weighted by molar-refractivity contribution is 6.00. The minimum Gasteiger partial charge on any atom is -0.446 e. The van der Waals surface area contributed by atoms with Crippen LogP contribution in [-0.4, -0.2) is 46.5 Å². The maximum absolute atomic E-state index is 11.4. The lowest BCUT2D eigenvalue weighted by atomic mass is 10.2. The number of ether oxygens (including phenoxy) is 1. The van der Waals surface area contributed by atoms with Gasteiger partial charge >= 0.3 is 6.09 Å². The molecule has 2 rings (SSSR count). The van der Waals surface area contributed by atoms with E-state index in [-0.39, 0.29) is 24.8 Å². The van der Waals surface area contributed by atoms with Gasteiger partial charge in [0, 0.05) is 0 Å². The number of H-pyrrole nitrogens is 1. The Kier molecular flexibility index (Phi) is 2.34. The van der Waals surface area contributed by atoms with Gasteiger partial charge in [0.15, 0.2) is 11.6 Å². The number of carbonyl (C=O) groups is 2. The van der Waals surface area contributed by atoms with Gasteiger partial charge in [0.25, 0.3) is 0 Å². The van der Waals surface area contributed by atoms with Crippen molar-refractivity contribution in [2.24, 2.45) is 5.73 Å². The highest BCUT2D eigenvalue weighted by Crippen LogP contribution is 2.19. The maximum atomic E-state index is 11.4. The van der Waals surface area contributed by atoms with Gasteiger partial charge in [0.2, 0.25) is 0 Å². The molecule has 1 aromatic rings. The number of nitrogens with one attached hydrogen (secondary N) is 1. The van der Waals surface area contributed by atoms with Crippen molar-refractivity contribution in [3.63, 3.8) is 0 Å². The Bertz CT molecular complexity index is 376. The van der Waals surface area contributed by atoms with Gasteiger partial charge in [-0.15, -0.1) is 5.10 Å². The van der Waals surface area contributed by atoms with E-state index >= 15 is 0 Å². The molecule has 0 spiro atoms. The van der Waals surface area contributed by atoms with Crippen LogP contribution < -0.4 is 10.6 Å². The third kappa shape index (κ3) is 1.54. The third-order valence-electron chi connectivity index (χ3n) is 2.10. The van der Waals surface area contributed by atoms with Crippen molar-refractivity contribution >= 4 is 17.7 Å². The molecule has 15 heavy (non-hydrogen) atoms. The number of hydrogen-bond donors (Lipinski definition) is 2. The molecule has 0 aliphatic carbocycles. The van der Waals surface area contributed by atoms with Gasteiger partial charge in [-0.25, -0.2) is 9.69 Å².